The number of likely N-dealkylation sites (tertiary alicyclic amines) is 1. The number of hydrogen-bond donors (Lipinski definition) is 2. The number of carbonyl (C=O) groups excluding carboxylic acids is 2. The molecule has 2 aliphatic heterocycles. The minimum atomic E-state index is -4.99. The summed E-state index contributed by atoms with van der Waals surface area (Å²) in [7, 11) is 2.99. The number of nitrogens with zero attached hydrogens (tertiary/aromatic N) is 5. The molecule has 2 fully saturated rings. The first-order chi connectivity index (χ1) is 25.4. The van der Waals surface area contributed by atoms with Gasteiger partial charge in [0.1, 0.15) is 29.5 Å². The summed E-state index contributed by atoms with van der Waals surface area (Å²) in [6.07, 6.45) is -8.27. The molecular weight excluding hydrogens is 736 g/mol. The monoisotopic (exact) mass is 770 g/mol. The predicted molar refractivity (Wildman–Crippen MR) is 174 cm³/mol. The number of hydrazine groups is 1. The number of ether oxygens (including phenoxy) is 2. The van der Waals surface area contributed by atoms with Crippen molar-refractivity contribution in [3.63, 3.8) is 0 Å². The van der Waals surface area contributed by atoms with Crippen molar-refractivity contribution in [3.8, 4) is 17.0 Å². The van der Waals surface area contributed by atoms with Crippen LogP contribution in [0.25, 0.3) is 11.3 Å². The number of aliphatic hydroxyl groups excluding tert-OH is 1. The van der Waals surface area contributed by atoms with Crippen LogP contribution in [0.3, 0.4) is 0 Å². The lowest BCUT2D eigenvalue weighted by Crippen LogP contribution is -2.65. The molecule has 3 aliphatic rings. The number of amides is 2. The van der Waals surface area contributed by atoms with Crippen molar-refractivity contribution in [1.82, 2.24) is 24.9 Å². The number of halogens is 8. The van der Waals surface area contributed by atoms with Gasteiger partial charge in [0.25, 0.3) is 11.8 Å². The van der Waals surface area contributed by atoms with Crippen molar-refractivity contribution in [1.29, 1.82) is 0 Å². The third-order valence-corrected chi connectivity index (χ3v) is 9.93. The normalized spacial score (nSPS) is 19.4. The van der Waals surface area contributed by atoms with Gasteiger partial charge in [-0.05, 0) is 56.0 Å². The van der Waals surface area contributed by atoms with Gasteiger partial charge in [0.05, 0.1) is 35.6 Å². The van der Waals surface area contributed by atoms with Crippen molar-refractivity contribution in [2.45, 2.75) is 56.2 Å². The van der Waals surface area contributed by atoms with Crippen molar-refractivity contribution in [3.05, 3.63) is 82.5 Å². The number of alkyl halides is 6. The minimum Gasteiger partial charge on any atom is -0.509 e. The Kier molecular flexibility index (Phi) is 10.6. The molecular formula is C35H34F8N6O5. The van der Waals surface area contributed by atoms with Gasteiger partial charge in [-0.15, -0.1) is 0 Å². The first-order valence-corrected chi connectivity index (χ1v) is 16.7. The molecule has 0 radical (unpaired) electrons. The van der Waals surface area contributed by atoms with Gasteiger partial charge in [-0.25, -0.2) is 19.4 Å². The summed E-state index contributed by atoms with van der Waals surface area (Å²) >= 11 is 0. The maximum Gasteiger partial charge on any atom is 0.433 e. The zero-order valence-corrected chi connectivity index (χ0v) is 28.8. The Labute approximate surface area is 303 Å². The molecule has 3 heterocycles. The van der Waals surface area contributed by atoms with Crippen LogP contribution in [-0.2, 0) is 33.2 Å². The van der Waals surface area contributed by atoms with E-state index in [9.17, 15) is 41.0 Å². The Bertz CT molecular complexity index is 1970. The Hall–Kier alpha value is -4.88. The molecule has 2 N–H and O–H groups in total. The van der Waals surface area contributed by atoms with Crippen LogP contribution >= 0.6 is 0 Å². The summed E-state index contributed by atoms with van der Waals surface area (Å²) in [6.45, 7) is 1.69. The number of likely N-dealkylation sites (N-methyl/N-ethyl adjacent to an activating group) is 1. The maximum absolute atomic E-state index is 15.6. The van der Waals surface area contributed by atoms with Crippen LogP contribution in [0, 0.1) is 11.6 Å². The number of anilines is 1. The van der Waals surface area contributed by atoms with Crippen LogP contribution in [0.2, 0.25) is 0 Å². The van der Waals surface area contributed by atoms with E-state index < -0.39 is 93.5 Å². The van der Waals surface area contributed by atoms with E-state index in [1.165, 1.54) is 24.2 Å². The number of hydrogen-bond acceptors (Lipinski definition) is 9. The zero-order valence-electron chi connectivity index (χ0n) is 28.8. The summed E-state index contributed by atoms with van der Waals surface area (Å²) in [6, 6.07) is 4.64. The van der Waals surface area contributed by atoms with Gasteiger partial charge < -0.3 is 19.9 Å². The topological polar surface area (TPSA) is 120 Å². The third-order valence-electron chi connectivity index (χ3n) is 9.93. The van der Waals surface area contributed by atoms with E-state index in [2.05, 4.69) is 20.2 Å². The van der Waals surface area contributed by atoms with E-state index in [0.29, 0.717) is 63.6 Å². The highest BCUT2D eigenvalue weighted by Crippen LogP contribution is 2.47. The number of nitrogens with one attached hydrogen (secondary N) is 1. The lowest BCUT2D eigenvalue weighted by atomic mass is 9.72. The highest BCUT2D eigenvalue weighted by molar-refractivity contribution is 6.24. The maximum atomic E-state index is 15.6. The van der Waals surface area contributed by atoms with Crippen LogP contribution in [0.4, 0.5) is 40.8 Å². The van der Waals surface area contributed by atoms with Gasteiger partial charge in [0, 0.05) is 44.9 Å². The molecule has 3 aromatic rings. The Balaban J connectivity index is 1.29. The standard InChI is InChI=1S/C35H34F8N6O5/c1-47-33(9-3-10-33)30(50)27(31(51)46-23-6-5-20(34(38,39)40)14-22(23)24-15-26(35(41,42)43)45-18-44-24)32(52)49(47)16-19-4-7-25(29(37)28(19)36)54-21-8-11-48(17-21)12-13-53-2/h4-7,14-15,18,21,50H,3,8-13,16-17H2,1-2H3,(H,46,51)/t21-/m1/s1. The molecule has 0 bridgehead atoms. The van der Waals surface area contributed by atoms with Gasteiger partial charge >= 0.3 is 12.4 Å². The van der Waals surface area contributed by atoms with Gasteiger partial charge in [0.2, 0.25) is 5.82 Å². The lowest BCUT2D eigenvalue weighted by molar-refractivity contribution is -0.172. The molecule has 1 saturated heterocycles. The lowest BCUT2D eigenvalue weighted by Gasteiger charge is -2.54. The molecule has 1 atom stereocenters. The highest BCUT2D eigenvalue weighted by Gasteiger charge is 2.55. The number of rotatable bonds is 10. The summed E-state index contributed by atoms with van der Waals surface area (Å²) < 4.78 is 123. The molecule has 11 nitrogen and oxygen atoms in total. The minimum absolute atomic E-state index is 0.231. The Morgan fingerprint density at radius 3 is 2.43 bits per heavy atom. The SMILES string of the molecule is COCCN1CC[C@@H](Oc2ccc(CN3C(=O)C(C(=O)Nc4ccc(C(F)(F)F)cc4-c4cc(C(F)(F)F)ncn4)=C(O)C4(CCC4)N3C)c(F)c2F)C1. The molecule has 1 spiro atoms. The van der Waals surface area contributed by atoms with Crippen molar-refractivity contribution in [2.75, 3.05) is 45.7 Å². The molecule has 2 amide bonds. The fourth-order valence-corrected chi connectivity index (χ4v) is 6.77. The van der Waals surface area contributed by atoms with Gasteiger partial charge in [-0.3, -0.25) is 19.5 Å². The fourth-order valence-electron chi connectivity index (χ4n) is 6.77. The van der Waals surface area contributed by atoms with Crippen LogP contribution < -0.4 is 10.1 Å². The Morgan fingerprint density at radius 2 is 1.78 bits per heavy atom. The number of aliphatic hydroxyl groups is 1. The van der Waals surface area contributed by atoms with E-state index in [-0.39, 0.29) is 24.2 Å². The molecule has 6 rings (SSSR count). The van der Waals surface area contributed by atoms with Crippen molar-refractivity contribution in [2.24, 2.45) is 0 Å². The number of carbonyl (C=O) groups is 2. The van der Waals surface area contributed by atoms with Crippen LogP contribution in [0.5, 0.6) is 5.75 Å². The molecule has 290 valence electrons. The molecule has 1 saturated carbocycles. The number of methoxy groups -OCH3 is 1. The first-order valence-electron chi connectivity index (χ1n) is 16.7. The molecule has 2 aromatic carbocycles. The molecule has 19 heteroatoms. The van der Waals surface area contributed by atoms with Crippen molar-refractivity contribution < 1.29 is 59.3 Å². The summed E-state index contributed by atoms with van der Waals surface area (Å²) in [5, 5.41) is 15.9. The van der Waals surface area contributed by atoms with Crippen molar-refractivity contribution >= 4 is 17.5 Å². The van der Waals surface area contributed by atoms with Gasteiger partial charge in [-0.2, -0.15) is 30.7 Å². The predicted octanol–water partition coefficient (Wildman–Crippen LogP) is 6.12. The smallest absolute Gasteiger partial charge is 0.433 e. The average molecular weight is 771 g/mol. The first kappa shape index (κ1) is 38.8. The second-order valence-corrected chi connectivity index (χ2v) is 13.2. The van der Waals surface area contributed by atoms with E-state index in [1.54, 1.807) is 7.11 Å². The average Bonchev–Trinajstić information content (AvgIpc) is 3.54. The van der Waals surface area contributed by atoms with Crippen LogP contribution in [0.1, 0.15) is 42.5 Å². The van der Waals surface area contributed by atoms with Crippen LogP contribution in [-0.4, -0.2) is 93.8 Å². The van der Waals surface area contributed by atoms with E-state index >= 15 is 8.78 Å². The number of benzene rings is 2. The second kappa shape index (κ2) is 14.7. The number of aromatic nitrogens is 2. The summed E-state index contributed by atoms with van der Waals surface area (Å²) in [5.74, 6) is -6.09. The quantitative estimate of drug-likeness (QED) is 0.186. The molecule has 0 unspecified atom stereocenters. The second-order valence-electron chi connectivity index (χ2n) is 13.2. The van der Waals surface area contributed by atoms with Crippen LogP contribution in [0.15, 0.2) is 54.1 Å². The Morgan fingerprint density at radius 1 is 1.04 bits per heavy atom. The van der Waals surface area contributed by atoms with E-state index in [4.69, 9.17) is 9.47 Å². The highest BCUT2D eigenvalue weighted by atomic mass is 19.4. The summed E-state index contributed by atoms with van der Waals surface area (Å²) in [4.78, 5) is 36.6. The largest absolute Gasteiger partial charge is 0.509 e. The van der Waals surface area contributed by atoms with E-state index in [1.807, 2.05) is 0 Å². The van der Waals surface area contributed by atoms with Gasteiger partial charge in [0.15, 0.2) is 11.6 Å². The molecule has 54 heavy (non-hydrogen) atoms. The van der Waals surface area contributed by atoms with Gasteiger partial charge in [-0.1, -0.05) is 6.07 Å². The molecule has 1 aromatic heterocycles. The zero-order chi connectivity index (χ0) is 39.2. The fraction of sp³-hybridized carbons (Fsp3) is 0.429. The van der Waals surface area contributed by atoms with E-state index in [0.717, 1.165) is 11.1 Å². The third kappa shape index (κ3) is 7.43. The summed E-state index contributed by atoms with van der Waals surface area (Å²) in [5.41, 5.74) is -6.93. The molecule has 1 aliphatic carbocycles.